The summed E-state index contributed by atoms with van der Waals surface area (Å²) >= 11 is 0. The monoisotopic (exact) mass is 137 g/mol. The van der Waals surface area contributed by atoms with Crippen LogP contribution in [0.1, 0.15) is 0 Å². The number of oxime groups is 1. The number of hydroxylamine groups is 4. The molecular weight excluding hydrogens is 130 g/mol. The van der Waals surface area contributed by atoms with Crippen molar-refractivity contribution in [2.24, 2.45) is 5.16 Å². The predicted octanol–water partition coefficient (Wildman–Crippen LogP) is -0.867. The summed E-state index contributed by atoms with van der Waals surface area (Å²) in [7, 11) is 1.05. The van der Waals surface area contributed by atoms with E-state index in [0.717, 1.165) is 7.05 Å². The van der Waals surface area contributed by atoms with Crippen molar-refractivity contribution in [3.05, 3.63) is 0 Å². The summed E-state index contributed by atoms with van der Waals surface area (Å²) < 4.78 is 0. The minimum Gasteiger partial charge on any atom is -0.408 e. The molecule has 54 valence electrons. The first-order valence-electron chi connectivity index (χ1n) is 1.92. The van der Waals surface area contributed by atoms with Gasteiger partial charge in [-0.1, -0.05) is 5.23 Å². The maximum atomic E-state index is 8.36. The zero-order chi connectivity index (χ0) is 7.44. The van der Waals surface area contributed by atoms with Gasteiger partial charge in [-0.2, -0.15) is 0 Å². The van der Waals surface area contributed by atoms with Gasteiger partial charge in [0.25, 0.3) is 0 Å². The molecule has 0 atom stereocenters. The van der Waals surface area contributed by atoms with Gasteiger partial charge in [0.1, 0.15) is 0 Å². The molecular formula is C2H7N3O4. The SMILES string of the molecule is CN(O)/C(=N\O)N(O)O. The summed E-state index contributed by atoms with van der Waals surface area (Å²) in [5.41, 5.74) is 0. The van der Waals surface area contributed by atoms with Gasteiger partial charge in [0, 0.05) is 7.05 Å². The third-order valence-electron chi connectivity index (χ3n) is 0.558. The quantitative estimate of drug-likeness (QED) is 0.150. The van der Waals surface area contributed by atoms with E-state index in [-0.39, 0.29) is 5.06 Å². The minimum absolute atomic E-state index is 0.222. The van der Waals surface area contributed by atoms with Gasteiger partial charge in [-0.3, -0.25) is 15.6 Å². The first-order chi connectivity index (χ1) is 4.09. The number of hydrogen-bond donors (Lipinski definition) is 4. The highest BCUT2D eigenvalue weighted by atomic mass is 16.8. The largest absolute Gasteiger partial charge is 0.408 e. The smallest absolute Gasteiger partial charge is 0.312 e. The van der Waals surface area contributed by atoms with Crippen LogP contribution >= 0.6 is 0 Å². The van der Waals surface area contributed by atoms with Gasteiger partial charge in [0.05, 0.1) is 0 Å². The van der Waals surface area contributed by atoms with Crippen molar-refractivity contribution in [2.75, 3.05) is 7.05 Å². The highest BCUT2D eigenvalue weighted by molar-refractivity contribution is 5.75. The summed E-state index contributed by atoms with van der Waals surface area (Å²) in [6.07, 6.45) is 0. The molecule has 0 radical (unpaired) electrons. The van der Waals surface area contributed by atoms with E-state index in [1.807, 2.05) is 0 Å². The summed E-state index contributed by atoms with van der Waals surface area (Å²) in [5, 5.41) is 34.4. The molecule has 0 aromatic heterocycles. The van der Waals surface area contributed by atoms with Crippen LogP contribution in [0.3, 0.4) is 0 Å². The molecule has 0 saturated carbocycles. The normalized spacial score (nSPS) is 11.3. The topological polar surface area (TPSA) is 99.8 Å². The molecule has 0 aromatic carbocycles. The summed E-state index contributed by atoms with van der Waals surface area (Å²) in [5.74, 6) is -0.796. The Morgan fingerprint density at radius 2 is 1.78 bits per heavy atom. The van der Waals surface area contributed by atoms with Crippen LogP contribution in [0.5, 0.6) is 0 Å². The molecule has 0 aromatic rings. The van der Waals surface area contributed by atoms with Crippen molar-refractivity contribution in [3.8, 4) is 0 Å². The lowest BCUT2D eigenvalue weighted by Gasteiger charge is -2.13. The molecule has 0 rings (SSSR count). The van der Waals surface area contributed by atoms with E-state index in [1.165, 1.54) is 0 Å². The van der Waals surface area contributed by atoms with Crippen LogP contribution in [0.15, 0.2) is 5.16 Å². The zero-order valence-electron chi connectivity index (χ0n) is 4.63. The third-order valence-corrected chi connectivity index (χ3v) is 0.558. The Morgan fingerprint density at radius 3 is 1.78 bits per heavy atom. The Balaban J connectivity index is 4.01. The minimum atomic E-state index is -0.796. The van der Waals surface area contributed by atoms with E-state index in [0.29, 0.717) is 0 Å². The highest BCUT2D eigenvalue weighted by Gasteiger charge is 2.09. The molecule has 0 heterocycles. The van der Waals surface area contributed by atoms with Crippen molar-refractivity contribution >= 4 is 5.96 Å². The third kappa shape index (κ3) is 2.13. The fraction of sp³-hybridized carbons (Fsp3) is 0.500. The van der Waals surface area contributed by atoms with Crippen molar-refractivity contribution in [1.82, 2.24) is 10.3 Å². The van der Waals surface area contributed by atoms with Crippen LogP contribution < -0.4 is 0 Å². The average Bonchev–Trinajstić information content (AvgIpc) is 1.64. The van der Waals surface area contributed by atoms with E-state index in [2.05, 4.69) is 5.16 Å². The molecule has 0 bridgehead atoms. The van der Waals surface area contributed by atoms with E-state index in [4.69, 9.17) is 20.8 Å². The lowest BCUT2D eigenvalue weighted by Crippen LogP contribution is -2.36. The van der Waals surface area contributed by atoms with Crippen LogP contribution in [0.4, 0.5) is 0 Å². The molecule has 0 aliphatic carbocycles. The average molecular weight is 137 g/mol. The van der Waals surface area contributed by atoms with Crippen molar-refractivity contribution < 1.29 is 20.8 Å². The second-order valence-corrected chi connectivity index (χ2v) is 1.21. The first kappa shape index (κ1) is 7.95. The molecule has 0 saturated heterocycles. The fourth-order valence-corrected chi connectivity index (χ4v) is 0.234. The van der Waals surface area contributed by atoms with E-state index in [1.54, 1.807) is 0 Å². The molecule has 0 unspecified atom stereocenters. The fourth-order valence-electron chi connectivity index (χ4n) is 0.234. The molecule has 7 heteroatoms. The van der Waals surface area contributed by atoms with Crippen molar-refractivity contribution in [3.63, 3.8) is 0 Å². The van der Waals surface area contributed by atoms with Gasteiger partial charge >= 0.3 is 5.96 Å². The molecule has 0 amide bonds. The van der Waals surface area contributed by atoms with Crippen LogP contribution in [0.25, 0.3) is 0 Å². The predicted molar refractivity (Wildman–Crippen MR) is 24.2 cm³/mol. The summed E-state index contributed by atoms with van der Waals surface area (Å²) in [6.45, 7) is 0. The lowest BCUT2D eigenvalue weighted by molar-refractivity contribution is -0.262. The van der Waals surface area contributed by atoms with Gasteiger partial charge in [-0.15, -0.1) is 0 Å². The van der Waals surface area contributed by atoms with Gasteiger partial charge in [0.15, 0.2) is 0 Å². The molecule has 0 fully saturated rings. The maximum absolute atomic E-state index is 8.36. The van der Waals surface area contributed by atoms with E-state index in [9.17, 15) is 0 Å². The van der Waals surface area contributed by atoms with Gasteiger partial charge in [-0.25, -0.2) is 5.06 Å². The number of rotatable bonds is 0. The molecule has 0 aliphatic heterocycles. The standard InChI is InChI=1S/C2H7N3O4/c1-4(7)2(3-6)5(8)9/h6-9H,1H3/b3-2+. The van der Waals surface area contributed by atoms with E-state index >= 15 is 0 Å². The molecule has 0 aliphatic rings. The summed E-state index contributed by atoms with van der Waals surface area (Å²) in [4.78, 5) is 0. The van der Waals surface area contributed by atoms with Crippen LogP contribution in [-0.2, 0) is 0 Å². The lowest BCUT2D eigenvalue weighted by atomic mass is 10.9. The van der Waals surface area contributed by atoms with Crippen LogP contribution in [0, 0.1) is 0 Å². The van der Waals surface area contributed by atoms with Crippen LogP contribution in [-0.4, -0.2) is 44.1 Å². The molecule has 9 heavy (non-hydrogen) atoms. The van der Waals surface area contributed by atoms with Crippen molar-refractivity contribution in [1.29, 1.82) is 0 Å². The highest BCUT2D eigenvalue weighted by Crippen LogP contribution is 1.83. The number of guanidine groups is 1. The van der Waals surface area contributed by atoms with Crippen LogP contribution in [0.2, 0.25) is 0 Å². The number of hydrogen-bond acceptors (Lipinski definition) is 5. The first-order valence-corrected chi connectivity index (χ1v) is 1.92. The molecule has 0 spiro atoms. The Labute approximate surface area is 50.5 Å². The van der Waals surface area contributed by atoms with Crippen molar-refractivity contribution in [2.45, 2.75) is 0 Å². The van der Waals surface area contributed by atoms with Gasteiger partial charge in [0.2, 0.25) is 0 Å². The maximum Gasteiger partial charge on any atom is 0.312 e. The van der Waals surface area contributed by atoms with E-state index < -0.39 is 11.2 Å². The second kappa shape index (κ2) is 3.07. The summed E-state index contributed by atoms with van der Waals surface area (Å²) in [6, 6.07) is 0. The molecule has 4 N–H and O–H groups in total. The van der Waals surface area contributed by atoms with Gasteiger partial charge in [-0.05, 0) is 5.16 Å². The number of nitrogens with zero attached hydrogens (tertiary/aromatic N) is 3. The Hall–Kier alpha value is -1.05. The second-order valence-electron chi connectivity index (χ2n) is 1.21. The Morgan fingerprint density at radius 1 is 1.33 bits per heavy atom. The Bertz CT molecular complexity index is 100. The molecule has 7 nitrogen and oxygen atoms in total. The van der Waals surface area contributed by atoms with Gasteiger partial charge < -0.3 is 5.21 Å². The Kier molecular flexibility index (Phi) is 2.71. The zero-order valence-corrected chi connectivity index (χ0v) is 4.63.